The normalized spacial score (nSPS) is 14.6. The summed E-state index contributed by atoms with van der Waals surface area (Å²) in [5, 5.41) is 7.42. The second-order valence-corrected chi connectivity index (χ2v) is 8.13. The molecule has 1 atom stereocenters. The summed E-state index contributed by atoms with van der Waals surface area (Å²) in [6.07, 6.45) is 24.1. The fourth-order valence-electron chi connectivity index (χ4n) is 3.51. The van der Waals surface area contributed by atoms with Crippen LogP contribution >= 0.6 is 0 Å². The quantitative estimate of drug-likeness (QED) is 0.300. The smallest absolute Gasteiger partial charge is 0.300 e. The van der Waals surface area contributed by atoms with Crippen molar-refractivity contribution in [3.05, 3.63) is 12.2 Å². The van der Waals surface area contributed by atoms with Crippen LogP contribution in [0, 0.1) is 0 Å². The zero-order valence-corrected chi connectivity index (χ0v) is 19.4. The number of nitrogens with zero attached hydrogens (tertiary/aromatic N) is 2. The van der Waals surface area contributed by atoms with Gasteiger partial charge in [-0.15, -0.1) is 0 Å². The SMILES string of the molecule is CC(=O)O.CCCCCCCCCCCCCCCC=CC1=NCCN1C(C)N. The summed E-state index contributed by atoms with van der Waals surface area (Å²) in [7, 11) is 0. The second-order valence-electron chi connectivity index (χ2n) is 8.13. The third-order valence-corrected chi connectivity index (χ3v) is 5.14. The predicted molar refractivity (Wildman–Crippen MR) is 125 cm³/mol. The molecule has 3 N–H and O–H groups in total. The lowest BCUT2D eigenvalue weighted by atomic mass is 10.0. The molecule has 1 rings (SSSR count). The number of aliphatic imine (C=N–C) groups is 1. The van der Waals surface area contributed by atoms with Gasteiger partial charge in [-0.3, -0.25) is 9.79 Å². The van der Waals surface area contributed by atoms with Crippen LogP contribution in [0.15, 0.2) is 17.1 Å². The lowest BCUT2D eigenvalue weighted by Crippen LogP contribution is -2.41. The zero-order valence-electron chi connectivity index (χ0n) is 19.4. The van der Waals surface area contributed by atoms with E-state index in [-0.39, 0.29) is 6.17 Å². The highest BCUT2D eigenvalue weighted by Gasteiger charge is 2.16. The average molecular weight is 410 g/mol. The minimum Gasteiger partial charge on any atom is -0.481 e. The summed E-state index contributed by atoms with van der Waals surface area (Å²) in [4.78, 5) is 15.7. The maximum absolute atomic E-state index is 9.00. The molecule has 0 saturated carbocycles. The Hall–Kier alpha value is -1.36. The van der Waals surface area contributed by atoms with E-state index in [1.807, 2.05) is 6.92 Å². The number of carboxylic acids is 1. The highest BCUT2D eigenvalue weighted by atomic mass is 16.4. The van der Waals surface area contributed by atoms with Crippen molar-refractivity contribution in [3.63, 3.8) is 0 Å². The highest BCUT2D eigenvalue weighted by Crippen LogP contribution is 2.13. The molecule has 5 heteroatoms. The first-order valence-electron chi connectivity index (χ1n) is 11.9. The lowest BCUT2D eigenvalue weighted by Gasteiger charge is -2.22. The van der Waals surface area contributed by atoms with Crippen molar-refractivity contribution < 1.29 is 9.90 Å². The van der Waals surface area contributed by atoms with Crippen LogP contribution in [0.1, 0.15) is 111 Å². The summed E-state index contributed by atoms with van der Waals surface area (Å²) in [5.74, 6) is 0.240. The van der Waals surface area contributed by atoms with Crippen LogP contribution < -0.4 is 5.73 Å². The molecule has 0 aromatic rings. The van der Waals surface area contributed by atoms with Gasteiger partial charge in [0.1, 0.15) is 5.84 Å². The Kier molecular flexibility index (Phi) is 19.0. The van der Waals surface area contributed by atoms with Gasteiger partial charge >= 0.3 is 0 Å². The van der Waals surface area contributed by atoms with Crippen LogP contribution in [0.4, 0.5) is 0 Å². The third-order valence-electron chi connectivity index (χ3n) is 5.14. The molecule has 0 bridgehead atoms. The summed E-state index contributed by atoms with van der Waals surface area (Å²) in [6, 6.07) is 0. The first-order chi connectivity index (χ1) is 14.0. The summed E-state index contributed by atoms with van der Waals surface area (Å²) in [5.41, 5.74) is 5.96. The Morgan fingerprint density at radius 3 is 1.93 bits per heavy atom. The van der Waals surface area contributed by atoms with Gasteiger partial charge in [0.15, 0.2) is 0 Å². The Balaban J connectivity index is 0.00000178. The number of carbonyl (C=O) groups is 1. The van der Waals surface area contributed by atoms with Crippen molar-refractivity contribution in [1.82, 2.24) is 4.90 Å². The number of aliphatic carboxylic acids is 1. The van der Waals surface area contributed by atoms with Crippen LogP contribution in [0.2, 0.25) is 0 Å². The maximum atomic E-state index is 9.00. The van der Waals surface area contributed by atoms with Crippen molar-refractivity contribution in [2.24, 2.45) is 10.7 Å². The van der Waals surface area contributed by atoms with Gasteiger partial charge in [-0.2, -0.15) is 0 Å². The molecule has 0 aromatic carbocycles. The van der Waals surface area contributed by atoms with Gasteiger partial charge in [0.05, 0.1) is 12.7 Å². The van der Waals surface area contributed by atoms with Crippen LogP contribution in [0.25, 0.3) is 0 Å². The molecule has 0 saturated heterocycles. The molecule has 170 valence electrons. The van der Waals surface area contributed by atoms with E-state index < -0.39 is 5.97 Å². The van der Waals surface area contributed by atoms with Crippen LogP contribution in [0.3, 0.4) is 0 Å². The highest BCUT2D eigenvalue weighted by molar-refractivity contribution is 5.94. The first-order valence-corrected chi connectivity index (χ1v) is 11.9. The van der Waals surface area contributed by atoms with E-state index in [2.05, 4.69) is 29.0 Å². The van der Waals surface area contributed by atoms with Gasteiger partial charge in [-0.1, -0.05) is 90.0 Å². The average Bonchev–Trinajstić information content (AvgIpc) is 3.13. The maximum Gasteiger partial charge on any atom is 0.300 e. The molecule has 5 nitrogen and oxygen atoms in total. The van der Waals surface area contributed by atoms with E-state index in [4.69, 9.17) is 15.6 Å². The number of hydrogen-bond donors (Lipinski definition) is 2. The van der Waals surface area contributed by atoms with Crippen molar-refractivity contribution in [2.45, 2.75) is 117 Å². The van der Waals surface area contributed by atoms with E-state index in [0.717, 1.165) is 25.8 Å². The van der Waals surface area contributed by atoms with Crippen LogP contribution in [0.5, 0.6) is 0 Å². The number of rotatable bonds is 16. The van der Waals surface area contributed by atoms with E-state index in [0.29, 0.717) is 0 Å². The molecule has 0 fully saturated rings. The lowest BCUT2D eigenvalue weighted by molar-refractivity contribution is -0.134. The minimum absolute atomic E-state index is 0.0715. The van der Waals surface area contributed by atoms with Gasteiger partial charge in [-0.25, -0.2) is 0 Å². The number of carboxylic acid groups (broad SMARTS) is 1. The second kappa shape index (κ2) is 19.9. The molecule has 1 unspecified atom stereocenters. The Morgan fingerprint density at radius 2 is 1.48 bits per heavy atom. The van der Waals surface area contributed by atoms with Crippen LogP contribution in [-0.2, 0) is 4.79 Å². The van der Waals surface area contributed by atoms with Gasteiger partial charge < -0.3 is 15.7 Å². The fraction of sp³-hybridized carbons (Fsp3) is 0.833. The Morgan fingerprint density at radius 1 is 1.03 bits per heavy atom. The molecule has 0 spiro atoms. The first kappa shape index (κ1) is 27.6. The van der Waals surface area contributed by atoms with E-state index in [9.17, 15) is 0 Å². The zero-order chi connectivity index (χ0) is 21.7. The molecular weight excluding hydrogens is 362 g/mol. The minimum atomic E-state index is -0.833. The molecule has 29 heavy (non-hydrogen) atoms. The van der Waals surface area contributed by atoms with Crippen molar-refractivity contribution in [1.29, 1.82) is 0 Å². The Bertz CT molecular complexity index is 443. The topological polar surface area (TPSA) is 78.9 Å². The van der Waals surface area contributed by atoms with Crippen molar-refractivity contribution in [2.75, 3.05) is 13.1 Å². The number of nitrogens with two attached hydrogens (primary N) is 1. The van der Waals surface area contributed by atoms with Crippen molar-refractivity contribution in [3.8, 4) is 0 Å². The van der Waals surface area contributed by atoms with Gasteiger partial charge in [-0.05, 0) is 25.8 Å². The predicted octanol–water partition coefficient (Wildman–Crippen LogP) is 6.13. The molecular formula is C24H47N3O2. The molecule has 1 heterocycles. The monoisotopic (exact) mass is 409 g/mol. The van der Waals surface area contributed by atoms with Crippen molar-refractivity contribution >= 4 is 11.8 Å². The van der Waals surface area contributed by atoms with E-state index >= 15 is 0 Å². The largest absolute Gasteiger partial charge is 0.481 e. The Labute approximate surface area is 179 Å². The summed E-state index contributed by atoms with van der Waals surface area (Å²) in [6.45, 7) is 7.26. The molecule has 0 radical (unpaired) electrons. The third kappa shape index (κ3) is 18.4. The summed E-state index contributed by atoms with van der Waals surface area (Å²) < 4.78 is 0. The van der Waals surface area contributed by atoms with Gasteiger partial charge in [0, 0.05) is 13.5 Å². The number of unbranched alkanes of at least 4 members (excludes halogenated alkanes) is 13. The molecule has 1 aliphatic heterocycles. The molecule has 1 aliphatic rings. The summed E-state index contributed by atoms with van der Waals surface area (Å²) >= 11 is 0. The molecule has 0 aromatic heterocycles. The number of amidine groups is 1. The number of allylic oxidation sites excluding steroid dienone is 1. The van der Waals surface area contributed by atoms with Gasteiger partial charge in [0.25, 0.3) is 5.97 Å². The van der Waals surface area contributed by atoms with Crippen LogP contribution in [-0.4, -0.2) is 41.1 Å². The standard InChI is InChI=1S/C22H43N3.C2H4O2/c1-3-4-5-6-7-8-9-10-11-12-13-14-15-16-17-18-22-24-19-20-25(22)21(2)23;1-2(3)4/h17-18,21H,3-16,19-20,23H2,1-2H3;1H3,(H,3,4). The number of hydrogen-bond acceptors (Lipinski definition) is 4. The van der Waals surface area contributed by atoms with E-state index in [1.165, 1.54) is 89.9 Å². The molecule has 0 aliphatic carbocycles. The fourth-order valence-corrected chi connectivity index (χ4v) is 3.51. The van der Waals surface area contributed by atoms with E-state index in [1.54, 1.807) is 0 Å². The molecule has 0 amide bonds. The van der Waals surface area contributed by atoms with Gasteiger partial charge in [0.2, 0.25) is 0 Å².